The summed E-state index contributed by atoms with van der Waals surface area (Å²) in [7, 11) is -0.987. The molecule has 1 heterocycles. The van der Waals surface area contributed by atoms with Gasteiger partial charge in [0.05, 0.1) is 30.6 Å². The van der Waals surface area contributed by atoms with Crippen molar-refractivity contribution < 1.29 is 33.8 Å². The number of esters is 1. The van der Waals surface area contributed by atoms with Crippen LogP contribution in [0.2, 0.25) is 28.2 Å². The second-order valence-electron chi connectivity index (χ2n) is 11.3. The van der Waals surface area contributed by atoms with Gasteiger partial charge in [0, 0.05) is 27.0 Å². The average Bonchev–Trinajstić information content (AvgIpc) is 2.86. The highest BCUT2D eigenvalue weighted by atomic mass is 35.5. The third-order valence-electron chi connectivity index (χ3n) is 7.62. The topological polar surface area (TPSA) is 122 Å². The second-order valence-corrected chi connectivity index (χ2v) is 16.9. The molecule has 1 atom stereocenters. The van der Waals surface area contributed by atoms with Crippen LogP contribution in [0.25, 0.3) is 0 Å². The summed E-state index contributed by atoms with van der Waals surface area (Å²) < 4.78 is 11.4. The number of hydrogen-bond donors (Lipinski definition) is 3. The molecule has 0 aliphatic carbocycles. The standard InChI is InChI=1S/C30H35Cl2NO7Si/c1-30(2,3)41(5,6)40-22-13-8-7-10-17(22)14-15-20-25(28(35)36)27(24-18(31)11-9-12-19(24)32)26(29(37)38)21(33-20)16-23(34)39-4/h7-13,27,33H,14-16H2,1-6H3,(H,35,36)(H,37,38). The fourth-order valence-corrected chi connectivity index (χ4v) is 6.11. The number of carbonyl (C=O) groups excluding carboxylic acids is 1. The van der Waals surface area contributed by atoms with E-state index in [9.17, 15) is 24.6 Å². The largest absolute Gasteiger partial charge is 0.543 e. The number of hydrogen-bond acceptors (Lipinski definition) is 6. The maximum Gasteiger partial charge on any atom is 0.334 e. The number of ether oxygens (including phenoxy) is 1. The van der Waals surface area contributed by atoms with Gasteiger partial charge in [-0.15, -0.1) is 0 Å². The van der Waals surface area contributed by atoms with Gasteiger partial charge in [0.1, 0.15) is 5.75 Å². The van der Waals surface area contributed by atoms with E-state index in [1.807, 2.05) is 24.3 Å². The zero-order chi connectivity index (χ0) is 30.7. The normalized spacial score (nSPS) is 15.9. The van der Waals surface area contributed by atoms with Gasteiger partial charge in [-0.05, 0) is 54.7 Å². The highest BCUT2D eigenvalue weighted by Gasteiger charge is 2.41. The zero-order valence-electron chi connectivity index (χ0n) is 23.9. The molecule has 0 saturated carbocycles. The smallest absolute Gasteiger partial charge is 0.334 e. The first-order valence-corrected chi connectivity index (χ1v) is 16.7. The average molecular weight is 621 g/mol. The van der Waals surface area contributed by atoms with E-state index in [1.165, 1.54) is 19.2 Å². The Kier molecular flexibility index (Phi) is 10.00. The van der Waals surface area contributed by atoms with Crippen LogP contribution in [0.5, 0.6) is 5.75 Å². The monoisotopic (exact) mass is 619 g/mol. The van der Waals surface area contributed by atoms with Gasteiger partial charge in [0.2, 0.25) is 8.32 Å². The van der Waals surface area contributed by atoms with Crippen LogP contribution in [0.4, 0.5) is 0 Å². The molecule has 1 aliphatic rings. The highest BCUT2D eigenvalue weighted by molar-refractivity contribution is 6.74. The van der Waals surface area contributed by atoms with E-state index in [2.05, 4.69) is 39.2 Å². The van der Waals surface area contributed by atoms with Crippen LogP contribution in [0.3, 0.4) is 0 Å². The van der Waals surface area contributed by atoms with Crippen LogP contribution < -0.4 is 9.74 Å². The van der Waals surface area contributed by atoms with E-state index >= 15 is 0 Å². The molecule has 1 aliphatic heterocycles. The molecule has 0 bridgehead atoms. The van der Waals surface area contributed by atoms with Crippen LogP contribution in [0.15, 0.2) is 65.0 Å². The van der Waals surface area contributed by atoms with Crippen molar-refractivity contribution >= 4 is 49.4 Å². The first kappa shape index (κ1) is 32.2. The molecule has 2 aromatic rings. The molecule has 0 saturated heterocycles. The molecule has 0 amide bonds. The lowest BCUT2D eigenvalue weighted by molar-refractivity contribution is -0.139. The van der Waals surface area contributed by atoms with E-state index in [1.54, 1.807) is 6.07 Å². The molecule has 3 rings (SSSR count). The first-order chi connectivity index (χ1) is 19.1. The Bertz CT molecular complexity index is 1410. The van der Waals surface area contributed by atoms with Crippen molar-refractivity contribution in [1.82, 2.24) is 5.32 Å². The Morgan fingerprint density at radius 1 is 0.902 bits per heavy atom. The molecular formula is C30H35Cl2NO7Si. The number of allylic oxidation sites excluding steroid dienone is 1. The van der Waals surface area contributed by atoms with Gasteiger partial charge in [-0.2, -0.15) is 0 Å². The van der Waals surface area contributed by atoms with Crippen molar-refractivity contribution in [3.63, 3.8) is 0 Å². The maximum atomic E-state index is 12.8. The van der Waals surface area contributed by atoms with E-state index in [4.69, 9.17) is 32.4 Å². The van der Waals surface area contributed by atoms with Gasteiger partial charge in [0.25, 0.3) is 0 Å². The molecule has 41 heavy (non-hydrogen) atoms. The van der Waals surface area contributed by atoms with Crippen LogP contribution in [0, 0.1) is 0 Å². The van der Waals surface area contributed by atoms with Crippen LogP contribution in [-0.4, -0.2) is 43.5 Å². The Hall–Kier alpha value is -3.27. The minimum absolute atomic E-state index is 0.0103. The molecule has 220 valence electrons. The lowest BCUT2D eigenvalue weighted by Gasteiger charge is -2.37. The summed E-state index contributed by atoms with van der Waals surface area (Å²) >= 11 is 13.0. The van der Waals surface area contributed by atoms with E-state index in [0.717, 1.165) is 11.3 Å². The molecule has 0 radical (unpaired) electrons. The quantitative estimate of drug-likeness (QED) is 0.193. The fourth-order valence-electron chi connectivity index (χ4n) is 4.44. The van der Waals surface area contributed by atoms with Crippen molar-refractivity contribution in [2.75, 3.05) is 7.11 Å². The third-order valence-corrected chi connectivity index (χ3v) is 12.6. The van der Waals surface area contributed by atoms with Gasteiger partial charge in [-0.3, -0.25) is 4.79 Å². The Labute approximate surface area is 251 Å². The van der Waals surface area contributed by atoms with Gasteiger partial charge >= 0.3 is 17.9 Å². The minimum atomic E-state index is -2.18. The van der Waals surface area contributed by atoms with Gasteiger partial charge in [-0.1, -0.05) is 68.2 Å². The van der Waals surface area contributed by atoms with Gasteiger partial charge in [-0.25, -0.2) is 9.59 Å². The number of para-hydroxylation sites is 1. The third kappa shape index (κ3) is 7.15. The molecule has 0 fully saturated rings. The number of nitrogens with one attached hydrogen (secondary N) is 1. The summed E-state index contributed by atoms with van der Waals surface area (Å²) in [6, 6.07) is 12.2. The lowest BCUT2D eigenvalue weighted by Crippen LogP contribution is -2.44. The van der Waals surface area contributed by atoms with E-state index in [-0.39, 0.29) is 49.6 Å². The molecule has 11 heteroatoms. The summed E-state index contributed by atoms with van der Waals surface area (Å²) in [5.74, 6) is -4.07. The SMILES string of the molecule is COC(=O)CC1=C(C(=O)O)C(c2c(Cl)cccc2Cl)C(C(=O)O)=C(CCc2ccccc2O[Si](C)(C)C(C)(C)C)N1. The number of benzene rings is 2. The first-order valence-electron chi connectivity index (χ1n) is 13.1. The van der Waals surface area contributed by atoms with Crippen molar-refractivity contribution in [2.24, 2.45) is 0 Å². The summed E-state index contributed by atoms with van der Waals surface area (Å²) in [5, 5.41) is 23.8. The zero-order valence-corrected chi connectivity index (χ0v) is 26.4. The molecular weight excluding hydrogens is 585 g/mol. The van der Waals surface area contributed by atoms with Crippen LogP contribution >= 0.6 is 23.2 Å². The molecule has 8 nitrogen and oxygen atoms in total. The van der Waals surface area contributed by atoms with Crippen molar-refractivity contribution in [3.8, 4) is 5.75 Å². The summed E-state index contributed by atoms with van der Waals surface area (Å²) in [6.45, 7) is 10.7. The summed E-state index contributed by atoms with van der Waals surface area (Å²) in [6.07, 6.45) is 0.134. The predicted octanol–water partition coefficient (Wildman–Crippen LogP) is 6.94. The number of methoxy groups -OCH3 is 1. The Morgan fingerprint density at radius 2 is 1.46 bits per heavy atom. The van der Waals surface area contributed by atoms with E-state index < -0.39 is 38.6 Å². The van der Waals surface area contributed by atoms with Gasteiger partial charge < -0.3 is 24.7 Å². The lowest BCUT2D eigenvalue weighted by atomic mass is 9.78. The minimum Gasteiger partial charge on any atom is -0.543 e. The second kappa shape index (κ2) is 12.7. The summed E-state index contributed by atoms with van der Waals surface area (Å²) in [5.41, 5.74) is 0.697. The number of dihydropyridines is 1. The predicted molar refractivity (Wildman–Crippen MR) is 161 cm³/mol. The maximum absolute atomic E-state index is 12.8. The Morgan fingerprint density at radius 3 is 2.00 bits per heavy atom. The van der Waals surface area contributed by atoms with Crippen molar-refractivity contribution in [3.05, 3.63) is 86.2 Å². The van der Waals surface area contributed by atoms with E-state index in [0.29, 0.717) is 6.42 Å². The Balaban J connectivity index is 2.16. The van der Waals surface area contributed by atoms with Crippen LogP contribution in [0.1, 0.15) is 50.7 Å². The summed E-state index contributed by atoms with van der Waals surface area (Å²) in [4.78, 5) is 37.7. The van der Waals surface area contributed by atoms with Crippen LogP contribution in [-0.2, 0) is 25.5 Å². The van der Waals surface area contributed by atoms with Crippen molar-refractivity contribution in [2.45, 2.75) is 64.1 Å². The molecule has 0 aromatic heterocycles. The molecule has 2 aromatic carbocycles. The number of carbonyl (C=O) groups is 3. The molecule has 1 unspecified atom stereocenters. The van der Waals surface area contributed by atoms with Crippen molar-refractivity contribution in [1.29, 1.82) is 0 Å². The molecule has 3 N–H and O–H groups in total. The number of rotatable bonds is 10. The number of halogens is 2. The number of carboxylic acid groups (broad SMARTS) is 2. The molecule has 0 spiro atoms. The number of aliphatic carboxylic acids is 2. The number of aryl methyl sites for hydroxylation is 1. The van der Waals surface area contributed by atoms with Gasteiger partial charge in [0.15, 0.2) is 0 Å². The highest BCUT2D eigenvalue weighted by Crippen LogP contribution is 2.45. The fraction of sp³-hybridized carbons (Fsp3) is 0.367. The number of carboxylic acids is 2.